The van der Waals surface area contributed by atoms with E-state index in [2.05, 4.69) is 37.7 Å². The quantitative estimate of drug-likeness (QED) is 0.185. The van der Waals surface area contributed by atoms with Crippen LogP contribution in [0.15, 0.2) is 70.2 Å². The Morgan fingerprint density at radius 2 is 1.77 bits per heavy atom. The fraction of sp³-hybridized carbons (Fsp3) is 0.233. The molecule has 0 heterocycles. The molecule has 0 aliphatic carbocycles. The van der Waals surface area contributed by atoms with Crippen LogP contribution in [0.2, 0.25) is 0 Å². The zero-order valence-electron chi connectivity index (χ0n) is 22.0. The molecule has 0 aromatic heterocycles. The summed E-state index contributed by atoms with van der Waals surface area (Å²) in [5, 5.41) is 6.85. The molecular formula is C30H30BrN3O5. The first kappa shape index (κ1) is 29.3. The predicted octanol–water partition coefficient (Wildman–Crippen LogP) is 4.34. The summed E-state index contributed by atoms with van der Waals surface area (Å²) in [6, 6.07) is 17.7. The molecule has 3 aromatic rings. The van der Waals surface area contributed by atoms with E-state index >= 15 is 0 Å². The maximum atomic E-state index is 13.1. The third-order valence-electron chi connectivity index (χ3n) is 5.63. The maximum Gasteiger partial charge on any atom is 0.262 e. The van der Waals surface area contributed by atoms with Crippen molar-refractivity contribution in [2.24, 2.45) is 5.10 Å². The Morgan fingerprint density at radius 3 is 2.44 bits per heavy atom. The largest absolute Gasteiger partial charge is 0.493 e. The SMILES string of the molecule is C#CCOc1c(Br)cc(/C=N\NC(=O)[C@@H](Cc2ccccc2)NC(=O)COc2c(C)cccc2C)cc1OC. The number of hydrogen-bond donors (Lipinski definition) is 2. The van der Waals surface area contributed by atoms with E-state index in [0.29, 0.717) is 27.3 Å². The number of benzene rings is 3. The van der Waals surface area contributed by atoms with E-state index in [-0.39, 0.29) is 19.6 Å². The van der Waals surface area contributed by atoms with Gasteiger partial charge in [0.15, 0.2) is 18.1 Å². The molecule has 3 aromatic carbocycles. The van der Waals surface area contributed by atoms with Gasteiger partial charge in [-0.1, -0.05) is 54.5 Å². The average Bonchev–Trinajstić information content (AvgIpc) is 2.92. The highest BCUT2D eigenvalue weighted by Crippen LogP contribution is 2.36. The van der Waals surface area contributed by atoms with Gasteiger partial charge in [-0.2, -0.15) is 5.10 Å². The number of nitrogens with zero attached hydrogens (tertiary/aromatic N) is 1. The Hall–Kier alpha value is -4.29. The Kier molecular flexibility index (Phi) is 11.0. The molecule has 0 aliphatic rings. The Labute approximate surface area is 236 Å². The average molecular weight is 592 g/mol. The smallest absolute Gasteiger partial charge is 0.262 e. The lowest BCUT2D eigenvalue weighted by Crippen LogP contribution is -2.48. The minimum atomic E-state index is -0.876. The van der Waals surface area contributed by atoms with Crippen LogP contribution in [0.3, 0.4) is 0 Å². The van der Waals surface area contributed by atoms with Crippen molar-refractivity contribution in [1.82, 2.24) is 10.7 Å². The van der Waals surface area contributed by atoms with Gasteiger partial charge < -0.3 is 19.5 Å². The van der Waals surface area contributed by atoms with Gasteiger partial charge in [-0.25, -0.2) is 5.43 Å². The second-order valence-electron chi connectivity index (χ2n) is 8.58. The molecule has 0 radical (unpaired) electrons. The van der Waals surface area contributed by atoms with E-state index in [0.717, 1.165) is 16.7 Å². The summed E-state index contributed by atoms with van der Waals surface area (Å²) in [6.07, 6.45) is 7.01. The summed E-state index contributed by atoms with van der Waals surface area (Å²) in [5.41, 5.74) is 5.89. The summed E-state index contributed by atoms with van der Waals surface area (Å²) in [5.74, 6) is 3.07. The van der Waals surface area contributed by atoms with Gasteiger partial charge in [0.25, 0.3) is 11.8 Å². The minimum absolute atomic E-state index is 0.0859. The van der Waals surface area contributed by atoms with Crippen molar-refractivity contribution < 1.29 is 23.8 Å². The Bertz CT molecular complexity index is 1350. The van der Waals surface area contributed by atoms with Gasteiger partial charge in [-0.3, -0.25) is 9.59 Å². The molecule has 3 rings (SSSR count). The first-order valence-electron chi connectivity index (χ1n) is 12.1. The molecule has 0 fully saturated rings. The summed E-state index contributed by atoms with van der Waals surface area (Å²) in [4.78, 5) is 25.8. The van der Waals surface area contributed by atoms with Crippen molar-refractivity contribution in [3.05, 3.63) is 87.4 Å². The number of nitrogens with one attached hydrogen (secondary N) is 2. The molecule has 8 nitrogen and oxygen atoms in total. The minimum Gasteiger partial charge on any atom is -0.493 e. The molecule has 2 N–H and O–H groups in total. The van der Waals surface area contributed by atoms with Gasteiger partial charge >= 0.3 is 0 Å². The third kappa shape index (κ3) is 8.62. The van der Waals surface area contributed by atoms with Crippen LogP contribution in [0.1, 0.15) is 22.3 Å². The number of ether oxygens (including phenoxy) is 3. The van der Waals surface area contributed by atoms with Crippen LogP contribution in [0.5, 0.6) is 17.2 Å². The zero-order chi connectivity index (χ0) is 28.2. The van der Waals surface area contributed by atoms with Crippen molar-refractivity contribution in [1.29, 1.82) is 0 Å². The second-order valence-corrected chi connectivity index (χ2v) is 9.43. The molecule has 1 atom stereocenters. The molecule has 0 bridgehead atoms. The van der Waals surface area contributed by atoms with Gasteiger partial charge in [-0.05, 0) is 64.2 Å². The number of methoxy groups -OCH3 is 1. The highest BCUT2D eigenvalue weighted by Gasteiger charge is 2.22. The molecule has 9 heteroatoms. The summed E-state index contributed by atoms with van der Waals surface area (Å²) in [6.45, 7) is 3.68. The van der Waals surface area contributed by atoms with Crippen molar-refractivity contribution in [3.8, 4) is 29.6 Å². The fourth-order valence-electron chi connectivity index (χ4n) is 3.78. The van der Waals surface area contributed by atoms with Crippen LogP contribution in [0, 0.1) is 26.2 Å². The fourth-order valence-corrected chi connectivity index (χ4v) is 4.35. The van der Waals surface area contributed by atoms with E-state index in [9.17, 15) is 9.59 Å². The van der Waals surface area contributed by atoms with Gasteiger partial charge in [0.1, 0.15) is 18.4 Å². The summed E-state index contributed by atoms with van der Waals surface area (Å²) < 4.78 is 17.3. The maximum absolute atomic E-state index is 13.1. The number of terminal acetylenes is 1. The monoisotopic (exact) mass is 591 g/mol. The lowest BCUT2D eigenvalue weighted by molar-refractivity contribution is -0.130. The highest BCUT2D eigenvalue weighted by molar-refractivity contribution is 9.10. The van der Waals surface area contributed by atoms with Crippen LogP contribution in [0.4, 0.5) is 0 Å². The lowest BCUT2D eigenvalue weighted by atomic mass is 10.1. The lowest BCUT2D eigenvalue weighted by Gasteiger charge is -2.18. The number of carbonyl (C=O) groups is 2. The van der Waals surface area contributed by atoms with Crippen LogP contribution in [-0.2, 0) is 16.0 Å². The van der Waals surface area contributed by atoms with Crippen molar-refractivity contribution in [3.63, 3.8) is 0 Å². The van der Waals surface area contributed by atoms with Crippen LogP contribution in [0.25, 0.3) is 0 Å². The van der Waals surface area contributed by atoms with E-state index in [1.807, 2.05) is 62.4 Å². The topological polar surface area (TPSA) is 98.2 Å². The first-order chi connectivity index (χ1) is 18.8. The molecule has 39 heavy (non-hydrogen) atoms. The number of para-hydroxylation sites is 1. The number of hydrogen-bond acceptors (Lipinski definition) is 6. The molecule has 0 aliphatic heterocycles. The molecule has 0 saturated carbocycles. The van der Waals surface area contributed by atoms with Gasteiger partial charge in [0.2, 0.25) is 0 Å². The Balaban J connectivity index is 1.69. The highest BCUT2D eigenvalue weighted by atomic mass is 79.9. The number of amides is 2. The molecule has 0 spiro atoms. The number of carbonyl (C=O) groups excluding carboxylic acids is 2. The van der Waals surface area contributed by atoms with E-state index in [4.69, 9.17) is 20.6 Å². The number of aryl methyl sites for hydroxylation is 2. The second kappa shape index (κ2) is 14.6. The van der Waals surface area contributed by atoms with Crippen LogP contribution in [-0.4, -0.2) is 44.4 Å². The van der Waals surface area contributed by atoms with Gasteiger partial charge in [-0.15, -0.1) is 6.42 Å². The molecule has 0 saturated heterocycles. The van der Waals surface area contributed by atoms with E-state index < -0.39 is 17.9 Å². The van der Waals surface area contributed by atoms with Gasteiger partial charge in [0.05, 0.1) is 17.8 Å². The summed E-state index contributed by atoms with van der Waals surface area (Å²) >= 11 is 3.44. The van der Waals surface area contributed by atoms with Crippen molar-refractivity contribution in [2.45, 2.75) is 26.3 Å². The summed E-state index contributed by atoms with van der Waals surface area (Å²) in [7, 11) is 1.51. The van der Waals surface area contributed by atoms with Crippen molar-refractivity contribution >= 4 is 34.0 Å². The first-order valence-corrected chi connectivity index (χ1v) is 12.9. The number of hydrazone groups is 1. The zero-order valence-corrected chi connectivity index (χ0v) is 23.6. The third-order valence-corrected chi connectivity index (χ3v) is 6.22. The van der Waals surface area contributed by atoms with E-state index in [1.165, 1.54) is 13.3 Å². The molecule has 202 valence electrons. The number of rotatable bonds is 12. The van der Waals surface area contributed by atoms with E-state index in [1.54, 1.807) is 12.1 Å². The standard InChI is InChI=1S/C30H30BrN3O5/c1-5-14-38-29-24(31)15-23(17-26(29)37-4)18-32-34-30(36)25(16-22-12-7-6-8-13-22)33-27(35)19-39-28-20(2)10-9-11-21(28)3/h1,6-13,15,17-18,25H,14,16,19H2,2-4H3,(H,33,35)(H,34,36)/b32-18-/t25-/m1/s1. The normalized spacial score (nSPS) is 11.4. The van der Waals surface area contributed by atoms with Gasteiger partial charge in [0, 0.05) is 6.42 Å². The number of halogens is 1. The molecule has 0 unspecified atom stereocenters. The van der Waals surface area contributed by atoms with Crippen LogP contribution >= 0.6 is 15.9 Å². The van der Waals surface area contributed by atoms with Crippen LogP contribution < -0.4 is 25.0 Å². The molecule has 2 amide bonds. The predicted molar refractivity (Wildman–Crippen MR) is 154 cm³/mol. The molecular weight excluding hydrogens is 562 g/mol. The Morgan fingerprint density at radius 1 is 1.05 bits per heavy atom. The van der Waals surface area contributed by atoms with Crippen molar-refractivity contribution in [2.75, 3.05) is 20.3 Å².